The third kappa shape index (κ3) is 3.66. The molecule has 0 aliphatic heterocycles. The Labute approximate surface area is 203 Å². The van der Waals surface area contributed by atoms with E-state index in [1.165, 1.54) is 0 Å². The monoisotopic (exact) mass is 447 g/mol. The van der Waals surface area contributed by atoms with E-state index in [1.807, 2.05) is 70.3 Å². The molecule has 0 spiro atoms. The van der Waals surface area contributed by atoms with E-state index in [-0.39, 0.29) is 5.92 Å². The van der Waals surface area contributed by atoms with Gasteiger partial charge in [0.2, 0.25) is 5.69 Å². The van der Waals surface area contributed by atoms with Crippen LogP contribution in [-0.4, -0.2) is 0 Å². The lowest BCUT2D eigenvalue weighted by atomic mass is 9.91. The average Bonchev–Trinajstić information content (AvgIpc) is 3.24. The van der Waals surface area contributed by atoms with Gasteiger partial charge in [0.25, 0.3) is 0 Å². The number of aryl methyl sites for hydroxylation is 2. The number of aromatic nitrogens is 1. The van der Waals surface area contributed by atoms with E-state index in [0.29, 0.717) is 11.3 Å². The minimum atomic E-state index is -1.47. The van der Waals surface area contributed by atoms with Gasteiger partial charge in [0.1, 0.15) is 18.2 Å². The van der Waals surface area contributed by atoms with E-state index in [2.05, 4.69) is 34.5 Å². The van der Waals surface area contributed by atoms with Gasteiger partial charge in [-0.25, -0.2) is 4.85 Å². The zero-order chi connectivity index (χ0) is 25.8. The minimum absolute atomic E-state index is 0.169. The van der Waals surface area contributed by atoms with Crippen molar-refractivity contribution in [2.45, 2.75) is 34.1 Å². The highest BCUT2D eigenvalue weighted by molar-refractivity contribution is 6.17. The van der Waals surface area contributed by atoms with Crippen LogP contribution in [0.25, 0.3) is 49.2 Å². The maximum atomic E-state index is 8.75. The van der Waals surface area contributed by atoms with Gasteiger partial charge in [0.15, 0.2) is 11.4 Å². The Morgan fingerprint density at radius 1 is 1.03 bits per heavy atom. The van der Waals surface area contributed by atoms with Crippen LogP contribution in [0.4, 0.5) is 5.69 Å². The number of fused-ring (bicyclic) bond motifs is 3. The normalized spacial score (nSPS) is 12.7. The molecule has 168 valence electrons. The fourth-order valence-electron chi connectivity index (χ4n) is 4.76. The number of nitrogens with zero attached hydrogens (tertiary/aromatic N) is 2. The van der Waals surface area contributed by atoms with Crippen molar-refractivity contribution in [1.82, 2.24) is 0 Å². The van der Waals surface area contributed by atoms with Crippen LogP contribution in [-0.2, 0) is 13.4 Å². The van der Waals surface area contributed by atoms with E-state index in [9.17, 15) is 0 Å². The maximum absolute atomic E-state index is 8.75. The molecule has 0 aliphatic rings. The van der Waals surface area contributed by atoms with Crippen LogP contribution >= 0.6 is 0 Å². The molecule has 0 radical (unpaired) electrons. The number of rotatable bonds is 4. The summed E-state index contributed by atoms with van der Waals surface area (Å²) in [4.78, 5) is 3.65. The SMILES string of the molecule is [2H]C([2H])(c1cc(C)[n+](C)c(-c2c(C)cc(-c3ccccc3)c3c2oc2ccc([N+]#[C-])cc23)c1)C(C)C. The van der Waals surface area contributed by atoms with Crippen molar-refractivity contribution in [2.75, 3.05) is 0 Å². The first-order chi connectivity index (χ1) is 17.1. The first kappa shape index (κ1) is 19.6. The van der Waals surface area contributed by atoms with E-state index in [0.717, 1.165) is 55.6 Å². The summed E-state index contributed by atoms with van der Waals surface area (Å²) in [6, 6.07) is 21.9. The molecule has 5 rings (SSSR count). The van der Waals surface area contributed by atoms with Gasteiger partial charge in [0.05, 0.1) is 12.1 Å². The van der Waals surface area contributed by atoms with E-state index in [4.69, 9.17) is 13.7 Å². The summed E-state index contributed by atoms with van der Waals surface area (Å²) in [6.45, 7) is 15.4. The molecule has 0 unspecified atom stereocenters. The summed E-state index contributed by atoms with van der Waals surface area (Å²) >= 11 is 0. The van der Waals surface area contributed by atoms with Crippen LogP contribution in [0.2, 0.25) is 0 Å². The fourth-order valence-corrected chi connectivity index (χ4v) is 4.76. The Hall–Kier alpha value is -3.90. The third-order valence-electron chi connectivity index (χ3n) is 6.40. The molecule has 0 bridgehead atoms. The molecular weight excluding hydrogens is 416 g/mol. The van der Waals surface area contributed by atoms with Gasteiger partial charge in [-0.3, -0.25) is 0 Å². The number of benzene rings is 3. The number of hydrogen-bond donors (Lipinski definition) is 0. The lowest BCUT2D eigenvalue weighted by molar-refractivity contribution is -0.666. The predicted molar refractivity (Wildman–Crippen MR) is 140 cm³/mol. The topological polar surface area (TPSA) is 21.4 Å². The molecule has 2 aromatic heterocycles. The van der Waals surface area contributed by atoms with Crippen LogP contribution in [0.3, 0.4) is 0 Å². The fraction of sp³-hybridized carbons (Fsp3) is 0.226. The van der Waals surface area contributed by atoms with E-state index in [1.54, 1.807) is 6.07 Å². The number of hydrogen-bond acceptors (Lipinski definition) is 1. The van der Waals surface area contributed by atoms with Crippen LogP contribution in [0.5, 0.6) is 0 Å². The molecule has 0 aliphatic carbocycles. The second-order valence-electron chi connectivity index (χ2n) is 9.21. The molecule has 0 atom stereocenters. The van der Waals surface area contributed by atoms with E-state index < -0.39 is 6.37 Å². The van der Waals surface area contributed by atoms with Crippen molar-refractivity contribution in [3.63, 3.8) is 0 Å². The lowest BCUT2D eigenvalue weighted by Gasteiger charge is -2.13. The van der Waals surface area contributed by atoms with Crippen molar-refractivity contribution in [1.29, 1.82) is 0 Å². The molecular formula is C31H29N2O+. The quantitative estimate of drug-likeness (QED) is 0.201. The van der Waals surface area contributed by atoms with Gasteiger partial charge in [-0.05, 0) is 59.7 Å². The summed E-state index contributed by atoms with van der Waals surface area (Å²) in [6.07, 6.45) is -1.47. The third-order valence-corrected chi connectivity index (χ3v) is 6.40. The van der Waals surface area contributed by atoms with Gasteiger partial charge in [-0.15, -0.1) is 0 Å². The minimum Gasteiger partial charge on any atom is -0.455 e. The largest absolute Gasteiger partial charge is 0.455 e. The summed E-state index contributed by atoms with van der Waals surface area (Å²) in [5.74, 6) is -0.169. The van der Waals surface area contributed by atoms with Gasteiger partial charge in [0, 0.05) is 32.6 Å². The Morgan fingerprint density at radius 2 is 1.79 bits per heavy atom. The van der Waals surface area contributed by atoms with Crippen LogP contribution < -0.4 is 4.57 Å². The van der Waals surface area contributed by atoms with Gasteiger partial charge in [-0.2, -0.15) is 4.57 Å². The van der Waals surface area contributed by atoms with Crippen molar-refractivity contribution in [3.05, 3.63) is 95.0 Å². The standard InChI is InChI=1S/C31H29N2O/c1-19(2)14-22-16-21(4)33(6)27(17-22)29-20(3)15-25(23-10-8-7-9-11-23)30-26-18-24(32-5)12-13-28(26)34-31(29)30/h7-13,15-19H,14H2,1-4,6H3/q+1/i14D2. The van der Waals surface area contributed by atoms with Crippen molar-refractivity contribution in [3.8, 4) is 22.4 Å². The predicted octanol–water partition coefficient (Wildman–Crippen LogP) is 8.11. The Balaban J connectivity index is 1.93. The van der Waals surface area contributed by atoms with E-state index >= 15 is 0 Å². The highest BCUT2D eigenvalue weighted by Crippen LogP contribution is 2.44. The molecule has 0 amide bonds. The van der Waals surface area contributed by atoms with Crippen molar-refractivity contribution >= 4 is 27.6 Å². The molecule has 0 fully saturated rings. The molecule has 0 saturated carbocycles. The lowest BCUT2D eigenvalue weighted by Crippen LogP contribution is -2.35. The highest BCUT2D eigenvalue weighted by atomic mass is 16.3. The summed E-state index contributed by atoms with van der Waals surface area (Å²) in [7, 11) is 2.01. The summed E-state index contributed by atoms with van der Waals surface area (Å²) in [5, 5.41) is 1.88. The molecule has 34 heavy (non-hydrogen) atoms. The number of pyridine rings is 1. The first-order valence-corrected chi connectivity index (χ1v) is 11.6. The highest BCUT2D eigenvalue weighted by Gasteiger charge is 2.25. The summed E-state index contributed by atoms with van der Waals surface area (Å²) in [5.41, 5.74) is 8.71. The van der Waals surface area contributed by atoms with Gasteiger partial charge >= 0.3 is 0 Å². The van der Waals surface area contributed by atoms with Crippen LogP contribution in [0.15, 0.2) is 71.1 Å². The number of furan rings is 1. The molecule has 3 nitrogen and oxygen atoms in total. The summed E-state index contributed by atoms with van der Waals surface area (Å²) < 4.78 is 26.1. The molecule has 2 heterocycles. The first-order valence-electron chi connectivity index (χ1n) is 12.6. The van der Waals surface area contributed by atoms with Crippen LogP contribution in [0.1, 0.15) is 33.4 Å². The van der Waals surface area contributed by atoms with Crippen LogP contribution in [0, 0.1) is 26.3 Å². The second kappa shape index (κ2) is 8.47. The molecule has 0 N–H and O–H groups in total. The Bertz CT molecular complexity index is 1680. The van der Waals surface area contributed by atoms with Crippen molar-refractivity contribution in [2.24, 2.45) is 13.0 Å². The Morgan fingerprint density at radius 3 is 2.50 bits per heavy atom. The zero-order valence-electron chi connectivity index (χ0n) is 22.2. The molecule has 5 aromatic rings. The second-order valence-corrected chi connectivity index (χ2v) is 9.21. The average molecular weight is 448 g/mol. The zero-order valence-corrected chi connectivity index (χ0v) is 20.2. The van der Waals surface area contributed by atoms with Gasteiger partial charge in [-0.1, -0.05) is 50.2 Å². The maximum Gasteiger partial charge on any atom is 0.216 e. The smallest absolute Gasteiger partial charge is 0.216 e. The molecule has 3 heteroatoms. The molecule has 0 saturated heterocycles. The Kier molecular flexibility index (Phi) is 4.87. The molecule has 3 aromatic carbocycles. The van der Waals surface area contributed by atoms with Crippen molar-refractivity contribution < 1.29 is 11.7 Å². The van der Waals surface area contributed by atoms with Gasteiger partial charge < -0.3 is 4.42 Å².